The van der Waals surface area contributed by atoms with Crippen molar-refractivity contribution >= 4 is 93.1 Å². The van der Waals surface area contributed by atoms with Gasteiger partial charge in [-0.25, -0.2) is 0 Å². The van der Waals surface area contributed by atoms with Gasteiger partial charge in [0.25, 0.3) is 35.4 Å². The number of nitrogens with zero attached hydrogens (tertiary/aromatic N) is 6. The highest BCUT2D eigenvalue weighted by Gasteiger charge is 2.41. The van der Waals surface area contributed by atoms with Gasteiger partial charge < -0.3 is 81.4 Å². The molecular formula is C48H58N18O8. The molecule has 0 aliphatic heterocycles. The second-order valence-corrected chi connectivity index (χ2v) is 18.0. The normalized spacial score (nSPS) is 13.8. The van der Waals surface area contributed by atoms with Gasteiger partial charge in [-0.1, -0.05) is 0 Å². The topological polar surface area (TPSA) is 362 Å². The minimum atomic E-state index is -0.665. The summed E-state index contributed by atoms with van der Waals surface area (Å²) < 4.78 is 9.21. The number of aryl methyl sites for hydroxylation is 6. The van der Waals surface area contributed by atoms with E-state index in [-0.39, 0.29) is 71.8 Å². The number of rotatable bonds is 20. The van der Waals surface area contributed by atoms with Crippen LogP contribution in [0.3, 0.4) is 0 Å². The molecule has 1 aliphatic carbocycles. The standard InChI is InChI=1S/C48H58N18O8/c1-61-21-27(13-33(61)43(69)53-11-9-39(49)50)57-47(73)37-17-29(23-65(37)5)59-45(71)35-15-25(19-63(35)3)55-41(67)31-7-8-32(31)42(68)56-26-16-36(64(4)20-26)46(72)60-30-18-38(66(6)24-30)48(74)58-28-14-34(62(2)22-28)44(70)54-12-10-40(51)52/h13-24,31-32H,7-12H2,1-6H3,(H3,49,50)(H3,51,52)(H,53,69)(H,54,70)(H,55,67)(H,56,68)(H,57,73)(H,58,74)(H,59,71)(H,60,72)/t31-,32-/m0/s1. The molecule has 1 fully saturated rings. The quantitative estimate of drug-likeness (QED) is 0.0391. The zero-order valence-electron chi connectivity index (χ0n) is 41.4. The Balaban J connectivity index is 0.889. The molecule has 26 nitrogen and oxygen atoms in total. The maximum Gasteiger partial charge on any atom is 0.272 e. The van der Waals surface area contributed by atoms with Crippen LogP contribution in [0.15, 0.2) is 73.6 Å². The lowest BCUT2D eigenvalue weighted by Gasteiger charge is -2.33. The molecule has 2 atom stereocenters. The van der Waals surface area contributed by atoms with Crippen molar-refractivity contribution < 1.29 is 38.4 Å². The highest BCUT2D eigenvalue weighted by atomic mass is 16.2. The van der Waals surface area contributed by atoms with Crippen LogP contribution < -0.4 is 54.0 Å². The Morgan fingerprint density at radius 1 is 0.405 bits per heavy atom. The first kappa shape index (κ1) is 52.2. The lowest BCUT2D eigenvalue weighted by Crippen LogP contribution is -2.43. The first-order chi connectivity index (χ1) is 35.0. The van der Waals surface area contributed by atoms with Gasteiger partial charge in [-0.15, -0.1) is 0 Å². The van der Waals surface area contributed by atoms with Crippen molar-refractivity contribution in [2.24, 2.45) is 65.6 Å². The van der Waals surface area contributed by atoms with Crippen LogP contribution in [-0.4, -0.2) is 99.4 Å². The number of carbonyl (C=O) groups excluding carboxylic acids is 8. The Kier molecular flexibility index (Phi) is 15.4. The number of anilines is 6. The monoisotopic (exact) mass is 1010 g/mol. The smallest absolute Gasteiger partial charge is 0.272 e. The number of carbonyl (C=O) groups is 8. The summed E-state index contributed by atoms with van der Waals surface area (Å²) in [6, 6.07) is 8.99. The molecule has 6 aromatic rings. The van der Waals surface area contributed by atoms with Crippen molar-refractivity contribution in [2.45, 2.75) is 25.7 Å². The van der Waals surface area contributed by atoms with E-state index < -0.39 is 59.1 Å². The van der Waals surface area contributed by atoms with Gasteiger partial charge in [-0.2, -0.15) is 0 Å². The first-order valence-electron chi connectivity index (χ1n) is 23.1. The molecular weight excluding hydrogens is 957 g/mol. The highest BCUT2D eigenvalue weighted by molar-refractivity contribution is 6.10. The van der Waals surface area contributed by atoms with Crippen LogP contribution in [0.4, 0.5) is 34.1 Å². The van der Waals surface area contributed by atoms with Gasteiger partial charge in [0.05, 0.1) is 45.8 Å². The first-order valence-corrected chi connectivity index (χ1v) is 23.1. The van der Waals surface area contributed by atoms with E-state index in [9.17, 15) is 38.4 Å². The molecule has 8 amide bonds. The average molecular weight is 1020 g/mol. The Labute approximate surface area is 423 Å². The molecule has 7 rings (SSSR count). The lowest BCUT2D eigenvalue weighted by atomic mass is 9.72. The molecule has 6 heterocycles. The Morgan fingerprint density at radius 3 is 0.838 bits per heavy atom. The van der Waals surface area contributed by atoms with Gasteiger partial charge >= 0.3 is 0 Å². The van der Waals surface area contributed by atoms with E-state index in [4.69, 9.17) is 22.3 Å². The number of aromatic nitrogens is 6. The number of nitrogens with two attached hydrogens (primary N) is 2. The Morgan fingerprint density at radius 2 is 0.622 bits per heavy atom. The van der Waals surface area contributed by atoms with E-state index in [0.717, 1.165) is 0 Å². The summed E-state index contributed by atoms with van der Waals surface area (Å²) in [6.45, 7) is 0.376. The summed E-state index contributed by atoms with van der Waals surface area (Å²) in [4.78, 5) is 106. The highest BCUT2D eigenvalue weighted by Crippen LogP contribution is 2.36. The number of hydrogen-bond donors (Lipinski definition) is 12. The zero-order chi connectivity index (χ0) is 53.7. The molecule has 74 heavy (non-hydrogen) atoms. The molecule has 0 saturated heterocycles. The van der Waals surface area contributed by atoms with Crippen LogP contribution in [0.25, 0.3) is 0 Å². The fraction of sp³-hybridized carbons (Fsp3) is 0.292. The summed E-state index contributed by atoms with van der Waals surface area (Å²) in [5.74, 6) is -5.08. The lowest BCUT2D eigenvalue weighted by molar-refractivity contribution is -0.134. The van der Waals surface area contributed by atoms with Crippen LogP contribution >= 0.6 is 0 Å². The van der Waals surface area contributed by atoms with Crippen molar-refractivity contribution in [3.05, 3.63) is 108 Å². The maximum atomic E-state index is 13.5. The molecule has 388 valence electrons. The SMILES string of the molecule is Cn1cc(NC(=O)c2cc(NC(=O)c3cc(NC(=O)[C@H]4CC[C@@H]4C(=O)Nc4cc(C(=O)Nc5cc(C(=O)Nc6cc(C(=O)NCCC(=N)N)n(C)c6)n(C)c5)n(C)c4)cn3C)cn2C)cc1C(=O)NCCC(=N)N. The van der Waals surface area contributed by atoms with Crippen LogP contribution in [0.5, 0.6) is 0 Å². The van der Waals surface area contributed by atoms with Crippen LogP contribution in [0, 0.1) is 22.7 Å². The van der Waals surface area contributed by atoms with Crippen molar-refractivity contribution in [3.8, 4) is 0 Å². The average Bonchev–Trinajstić information content (AvgIpc) is 4.16. The van der Waals surface area contributed by atoms with Gasteiger partial charge in [-0.3, -0.25) is 49.2 Å². The van der Waals surface area contributed by atoms with E-state index >= 15 is 0 Å². The van der Waals surface area contributed by atoms with Crippen molar-refractivity contribution in [2.75, 3.05) is 45.0 Å². The summed E-state index contributed by atoms with van der Waals surface area (Å²) in [5, 5.41) is 36.7. The zero-order valence-corrected chi connectivity index (χ0v) is 41.4. The predicted octanol–water partition coefficient (Wildman–Crippen LogP) is 2.44. The number of amides is 8. The maximum absolute atomic E-state index is 13.5. The second-order valence-electron chi connectivity index (χ2n) is 18.0. The van der Waals surface area contributed by atoms with E-state index in [1.54, 1.807) is 88.6 Å². The number of nitrogens with one attached hydrogen (secondary N) is 10. The molecule has 14 N–H and O–H groups in total. The van der Waals surface area contributed by atoms with Crippen LogP contribution in [0.2, 0.25) is 0 Å². The number of hydrogen-bond acceptors (Lipinski definition) is 10. The third-order valence-electron chi connectivity index (χ3n) is 12.3. The molecule has 0 unspecified atom stereocenters. The van der Waals surface area contributed by atoms with Gasteiger partial charge in [0.1, 0.15) is 34.2 Å². The van der Waals surface area contributed by atoms with E-state index in [2.05, 4.69) is 42.5 Å². The molecule has 26 heteroatoms. The second kappa shape index (κ2) is 21.8. The van der Waals surface area contributed by atoms with E-state index in [1.807, 2.05) is 0 Å². The molecule has 1 saturated carbocycles. The minimum Gasteiger partial charge on any atom is -0.388 e. The summed E-state index contributed by atoms with van der Waals surface area (Å²) in [6.07, 6.45) is 10.7. The van der Waals surface area contributed by atoms with E-state index in [0.29, 0.717) is 47.0 Å². The summed E-state index contributed by atoms with van der Waals surface area (Å²) in [5.41, 5.74) is 14.1. The van der Waals surface area contributed by atoms with Gasteiger partial charge in [-0.05, 0) is 49.2 Å². The van der Waals surface area contributed by atoms with E-state index in [1.165, 1.54) is 54.7 Å². The van der Waals surface area contributed by atoms with Crippen LogP contribution in [0.1, 0.15) is 88.6 Å². The molecule has 0 bridgehead atoms. The van der Waals surface area contributed by atoms with Gasteiger partial charge in [0.2, 0.25) is 11.8 Å². The number of amidine groups is 2. The third kappa shape index (κ3) is 12.1. The predicted molar refractivity (Wildman–Crippen MR) is 275 cm³/mol. The molecule has 1 aliphatic rings. The molecule has 6 aromatic heterocycles. The summed E-state index contributed by atoms with van der Waals surface area (Å²) in [7, 11) is 9.83. The Hall–Kier alpha value is -9.62. The Bertz CT molecular complexity index is 3040. The molecule has 0 aromatic carbocycles. The van der Waals surface area contributed by atoms with Crippen LogP contribution in [-0.2, 0) is 51.9 Å². The van der Waals surface area contributed by atoms with Crippen molar-refractivity contribution in [1.82, 2.24) is 38.0 Å². The van der Waals surface area contributed by atoms with Crippen molar-refractivity contribution in [1.29, 1.82) is 10.8 Å². The third-order valence-corrected chi connectivity index (χ3v) is 12.3. The minimum absolute atomic E-state index is 0.0532. The summed E-state index contributed by atoms with van der Waals surface area (Å²) >= 11 is 0. The fourth-order valence-corrected chi connectivity index (χ4v) is 8.33. The fourth-order valence-electron chi connectivity index (χ4n) is 8.33. The molecule has 0 spiro atoms. The van der Waals surface area contributed by atoms with Crippen molar-refractivity contribution in [3.63, 3.8) is 0 Å². The van der Waals surface area contributed by atoms with Gasteiger partial charge in [0.15, 0.2) is 0 Å². The molecule has 0 radical (unpaired) electrons. The largest absolute Gasteiger partial charge is 0.388 e. The van der Waals surface area contributed by atoms with Gasteiger partial charge in [0, 0.05) is 117 Å².